The van der Waals surface area contributed by atoms with E-state index in [1.54, 1.807) is 12.1 Å². The van der Waals surface area contributed by atoms with Crippen LogP contribution in [0.5, 0.6) is 0 Å². The van der Waals surface area contributed by atoms with Crippen LogP contribution in [-0.2, 0) is 4.79 Å². The zero-order valence-corrected chi connectivity index (χ0v) is 16.8. The summed E-state index contributed by atoms with van der Waals surface area (Å²) in [5.74, 6) is -1.41. The Hall–Kier alpha value is -3.19. The third kappa shape index (κ3) is 4.30. The van der Waals surface area contributed by atoms with E-state index >= 15 is 0 Å². The van der Waals surface area contributed by atoms with Gasteiger partial charge in [0.2, 0.25) is 5.91 Å². The van der Waals surface area contributed by atoms with Gasteiger partial charge in [-0.2, -0.15) is 0 Å². The highest BCUT2D eigenvalue weighted by atomic mass is 35.5. The molecule has 1 heterocycles. The SMILES string of the molecule is CCCCN1C(=O)c2ccc(C(=O)Nc3ccc(NC(C)=O)cc3Cl)cc2C1=O. The fraction of sp³-hybridized carbons (Fsp3) is 0.238. The first kappa shape index (κ1) is 20.5. The van der Waals surface area contributed by atoms with Crippen LogP contribution >= 0.6 is 11.6 Å². The van der Waals surface area contributed by atoms with Crippen LogP contribution in [-0.4, -0.2) is 35.1 Å². The van der Waals surface area contributed by atoms with Crippen molar-refractivity contribution in [3.05, 3.63) is 58.1 Å². The third-order valence-electron chi connectivity index (χ3n) is 4.51. The molecule has 1 aliphatic heterocycles. The van der Waals surface area contributed by atoms with Crippen molar-refractivity contribution in [1.82, 2.24) is 4.90 Å². The number of carbonyl (C=O) groups excluding carboxylic acids is 4. The minimum absolute atomic E-state index is 0.228. The molecule has 1 aliphatic rings. The summed E-state index contributed by atoms with van der Waals surface area (Å²) >= 11 is 6.18. The lowest BCUT2D eigenvalue weighted by molar-refractivity contribution is -0.114. The second-order valence-corrected chi connectivity index (χ2v) is 7.11. The lowest BCUT2D eigenvalue weighted by Crippen LogP contribution is -2.30. The van der Waals surface area contributed by atoms with Crippen molar-refractivity contribution in [2.75, 3.05) is 17.2 Å². The number of hydrogen-bond acceptors (Lipinski definition) is 4. The van der Waals surface area contributed by atoms with Crippen LogP contribution in [0.3, 0.4) is 0 Å². The molecule has 0 aromatic heterocycles. The predicted octanol–water partition coefficient (Wildman–Crippen LogP) is 3.95. The van der Waals surface area contributed by atoms with Crippen molar-refractivity contribution in [2.24, 2.45) is 0 Å². The molecule has 0 radical (unpaired) electrons. The van der Waals surface area contributed by atoms with Crippen LogP contribution in [0, 0.1) is 0 Å². The number of anilines is 2. The Morgan fingerprint density at radius 1 is 1.00 bits per heavy atom. The van der Waals surface area contributed by atoms with Gasteiger partial charge in [0.25, 0.3) is 17.7 Å². The van der Waals surface area contributed by atoms with E-state index in [9.17, 15) is 19.2 Å². The number of nitrogens with zero attached hydrogens (tertiary/aromatic N) is 1. The summed E-state index contributed by atoms with van der Waals surface area (Å²) in [6.45, 7) is 3.72. The third-order valence-corrected chi connectivity index (χ3v) is 4.82. The lowest BCUT2D eigenvalue weighted by atomic mass is 10.1. The Labute approximate surface area is 173 Å². The second-order valence-electron chi connectivity index (χ2n) is 6.71. The average Bonchev–Trinajstić information content (AvgIpc) is 2.91. The highest BCUT2D eigenvalue weighted by Crippen LogP contribution is 2.28. The Kier molecular flexibility index (Phi) is 5.98. The maximum Gasteiger partial charge on any atom is 0.261 e. The number of benzene rings is 2. The highest BCUT2D eigenvalue weighted by molar-refractivity contribution is 6.34. The van der Waals surface area contributed by atoms with E-state index in [1.165, 1.54) is 36.1 Å². The summed E-state index contributed by atoms with van der Waals surface area (Å²) in [4.78, 5) is 49.9. The fourth-order valence-electron chi connectivity index (χ4n) is 3.04. The van der Waals surface area contributed by atoms with Crippen LogP contribution in [0.4, 0.5) is 11.4 Å². The molecule has 0 atom stereocenters. The van der Waals surface area contributed by atoms with Gasteiger partial charge < -0.3 is 10.6 Å². The Bertz CT molecular complexity index is 1020. The maximum absolute atomic E-state index is 12.6. The van der Waals surface area contributed by atoms with E-state index in [4.69, 9.17) is 11.6 Å². The van der Waals surface area contributed by atoms with E-state index in [0.29, 0.717) is 23.5 Å². The normalized spacial score (nSPS) is 12.7. The predicted molar refractivity (Wildman–Crippen MR) is 110 cm³/mol. The van der Waals surface area contributed by atoms with Gasteiger partial charge in [0.05, 0.1) is 21.8 Å². The number of hydrogen-bond donors (Lipinski definition) is 2. The molecule has 0 spiro atoms. The van der Waals surface area contributed by atoms with Crippen molar-refractivity contribution in [3.63, 3.8) is 0 Å². The number of fused-ring (bicyclic) bond motifs is 1. The topological polar surface area (TPSA) is 95.6 Å². The quantitative estimate of drug-likeness (QED) is 0.701. The molecular formula is C21H20ClN3O4. The first-order chi connectivity index (χ1) is 13.8. The van der Waals surface area contributed by atoms with Crippen LogP contribution in [0.1, 0.15) is 57.8 Å². The largest absolute Gasteiger partial charge is 0.326 e. The summed E-state index contributed by atoms with van der Waals surface area (Å²) in [5, 5.41) is 5.53. The summed E-state index contributed by atoms with van der Waals surface area (Å²) in [6, 6.07) is 9.13. The van der Waals surface area contributed by atoms with Crippen molar-refractivity contribution in [1.29, 1.82) is 0 Å². The van der Waals surface area contributed by atoms with Gasteiger partial charge in [0, 0.05) is 24.7 Å². The van der Waals surface area contributed by atoms with Gasteiger partial charge >= 0.3 is 0 Å². The number of imide groups is 1. The molecule has 4 amide bonds. The molecule has 0 fully saturated rings. The summed E-state index contributed by atoms with van der Waals surface area (Å²) in [5.41, 5.74) is 1.64. The van der Waals surface area contributed by atoms with E-state index in [0.717, 1.165) is 12.8 Å². The minimum Gasteiger partial charge on any atom is -0.326 e. The monoisotopic (exact) mass is 413 g/mol. The molecule has 2 aromatic carbocycles. The molecule has 2 aromatic rings. The van der Waals surface area contributed by atoms with Crippen LogP contribution in [0.2, 0.25) is 5.02 Å². The molecule has 0 saturated carbocycles. The number of unbranched alkanes of at least 4 members (excludes halogenated alkanes) is 1. The lowest BCUT2D eigenvalue weighted by Gasteiger charge is -2.12. The van der Waals surface area contributed by atoms with Crippen LogP contribution in [0.15, 0.2) is 36.4 Å². The van der Waals surface area contributed by atoms with Crippen molar-refractivity contribution in [2.45, 2.75) is 26.7 Å². The zero-order chi connectivity index (χ0) is 21.1. The zero-order valence-electron chi connectivity index (χ0n) is 16.0. The first-order valence-corrected chi connectivity index (χ1v) is 9.58. The molecule has 0 aliphatic carbocycles. The maximum atomic E-state index is 12.6. The smallest absolute Gasteiger partial charge is 0.261 e. The Morgan fingerprint density at radius 2 is 1.72 bits per heavy atom. The van der Waals surface area contributed by atoms with E-state index in [2.05, 4.69) is 10.6 Å². The van der Waals surface area contributed by atoms with Crippen molar-refractivity contribution in [3.8, 4) is 0 Å². The van der Waals surface area contributed by atoms with Gasteiger partial charge in [-0.3, -0.25) is 24.1 Å². The van der Waals surface area contributed by atoms with E-state index < -0.39 is 5.91 Å². The molecule has 3 rings (SSSR count). The van der Waals surface area contributed by atoms with Crippen molar-refractivity contribution >= 4 is 46.6 Å². The molecule has 2 N–H and O–H groups in total. The molecule has 7 nitrogen and oxygen atoms in total. The number of carbonyl (C=O) groups is 4. The standard InChI is InChI=1S/C21H20ClN3O4/c1-3-4-9-25-20(28)15-7-5-13(10-16(15)21(25)29)19(27)24-18-8-6-14(11-17(18)22)23-12(2)26/h5-8,10-11H,3-4,9H2,1-2H3,(H,23,26)(H,24,27). The molecule has 0 saturated heterocycles. The van der Waals surface area contributed by atoms with Gasteiger partial charge in [-0.25, -0.2) is 0 Å². The van der Waals surface area contributed by atoms with E-state index in [1.807, 2.05) is 6.92 Å². The molecule has 29 heavy (non-hydrogen) atoms. The van der Waals surface area contributed by atoms with Crippen LogP contribution in [0.25, 0.3) is 0 Å². The molecule has 8 heteroatoms. The summed E-state index contributed by atoms with van der Waals surface area (Å²) in [7, 11) is 0. The van der Waals surface area contributed by atoms with E-state index in [-0.39, 0.29) is 33.9 Å². The highest BCUT2D eigenvalue weighted by Gasteiger charge is 2.35. The number of nitrogens with one attached hydrogen (secondary N) is 2. The van der Waals surface area contributed by atoms with Gasteiger partial charge in [-0.05, 0) is 42.8 Å². The molecular weight excluding hydrogens is 394 g/mol. The van der Waals surface area contributed by atoms with Gasteiger partial charge in [0.15, 0.2) is 0 Å². The second kappa shape index (κ2) is 8.45. The Morgan fingerprint density at radius 3 is 2.38 bits per heavy atom. The number of rotatable bonds is 6. The number of amides is 4. The van der Waals surface area contributed by atoms with Gasteiger partial charge in [-0.15, -0.1) is 0 Å². The molecule has 0 bridgehead atoms. The first-order valence-electron chi connectivity index (χ1n) is 9.20. The van der Waals surface area contributed by atoms with Gasteiger partial charge in [0.1, 0.15) is 0 Å². The summed E-state index contributed by atoms with van der Waals surface area (Å²) in [6.07, 6.45) is 1.59. The van der Waals surface area contributed by atoms with Crippen molar-refractivity contribution < 1.29 is 19.2 Å². The van der Waals surface area contributed by atoms with Crippen LogP contribution < -0.4 is 10.6 Å². The molecule has 150 valence electrons. The average molecular weight is 414 g/mol. The fourth-order valence-corrected chi connectivity index (χ4v) is 3.27. The molecule has 0 unspecified atom stereocenters. The number of halogens is 1. The Balaban J connectivity index is 1.79. The van der Waals surface area contributed by atoms with Gasteiger partial charge in [-0.1, -0.05) is 24.9 Å². The minimum atomic E-state index is -0.464. The summed E-state index contributed by atoms with van der Waals surface area (Å²) < 4.78 is 0.